The standard InChI is InChI=1S/C20H16ClNO5/c1-11-2-4-13(5-3-11)18(25)16-17(12-6-8-14(21)9-7-12)22(10-15(23)24)20(27)19(16)26/h2-9,17,25H,10H2,1H3,(H,23,24)/p-1/t17-/m1/s1. The first-order valence-electron chi connectivity index (χ1n) is 8.10. The third kappa shape index (κ3) is 3.57. The Balaban J connectivity index is 2.19. The van der Waals surface area contributed by atoms with Crippen molar-refractivity contribution in [3.63, 3.8) is 0 Å². The van der Waals surface area contributed by atoms with Crippen molar-refractivity contribution < 1.29 is 24.6 Å². The predicted octanol–water partition coefficient (Wildman–Crippen LogP) is 1.82. The largest absolute Gasteiger partial charge is 0.548 e. The molecule has 0 aliphatic carbocycles. The number of halogens is 1. The van der Waals surface area contributed by atoms with Crippen molar-refractivity contribution in [3.8, 4) is 0 Å². The summed E-state index contributed by atoms with van der Waals surface area (Å²) in [5, 5.41) is 22.3. The molecule has 0 saturated carbocycles. The van der Waals surface area contributed by atoms with Crippen LogP contribution >= 0.6 is 11.6 Å². The first-order valence-corrected chi connectivity index (χ1v) is 8.48. The summed E-state index contributed by atoms with van der Waals surface area (Å²) in [6.45, 7) is 1.10. The number of carboxylic acids is 1. The number of hydrogen-bond acceptors (Lipinski definition) is 5. The minimum absolute atomic E-state index is 0.174. The van der Waals surface area contributed by atoms with Crippen LogP contribution in [0.3, 0.4) is 0 Å². The molecule has 0 unspecified atom stereocenters. The van der Waals surface area contributed by atoms with Crippen molar-refractivity contribution >= 4 is 35.0 Å². The van der Waals surface area contributed by atoms with Crippen LogP contribution < -0.4 is 5.11 Å². The number of aliphatic hydroxyl groups excluding tert-OH is 1. The van der Waals surface area contributed by atoms with Gasteiger partial charge in [-0.3, -0.25) is 9.59 Å². The Hall–Kier alpha value is -3.12. The van der Waals surface area contributed by atoms with Gasteiger partial charge in [-0.25, -0.2) is 0 Å². The summed E-state index contributed by atoms with van der Waals surface area (Å²) in [6, 6.07) is 12.0. The SMILES string of the molecule is Cc1ccc(C(O)=C2C(=O)C(=O)N(CC(=O)[O-])[C@@H]2c2ccc(Cl)cc2)cc1. The van der Waals surface area contributed by atoms with Crippen LogP contribution in [0.5, 0.6) is 0 Å². The molecule has 2 aromatic rings. The number of rotatable bonds is 4. The molecule has 1 heterocycles. The molecule has 138 valence electrons. The number of carbonyl (C=O) groups is 3. The molecule has 7 heteroatoms. The zero-order chi connectivity index (χ0) is 19.7. The molecule has 1 saturated heterocycles. The average molecular weight is 385 g/mol. The number of amides is 1. The quantitative estimate of drug-likeness (QED) is 0.492. The van der Waals surface area contributed by atoms with Crippen molar-refractivity contribution in [1.29, 1.82) is 0 Å². The van der Waals surface area contributed by atoms with E-state index in [1.807, 2.05) is 6.92 Å². The minimum Gasteiger partial charge on any atom is -0.548 e. The number of hydrogen-bond donors (Lipinski definition) is 1. The van der Waals surface area contributed by atoms with E-state index in [9.17, 15) is 24.6 Å². The van der Waals surface area contributed by atoms with Gasteiger partial charge in [0.2, 0.25) is 0 Å². The van der Waals surface area contributed by atoms with E-state index in [1.165, 1.54) is 0 Å². The molecule has 1 amide bonds. The Kier molecular flexibility index (Phi) is 5.01. The second kappa shape index (κ2) is 7.25. The van der Waals surface area contributed by atoms with Crippen LogP contribution in [0.2, 0.25) is 5.02 Å². The molecular weight excluding hydrogens is 370 g/mol. The Morgan fingerprint density at radius 3 is 2.26 bits per heavy atom. The van der Waals surface area contributed by atoms with Crippen LogP contribution in [-0.2, 0) is 14.4 Å². The van der Waals surface area contributed by atoms with Crippen molar-refractivity contribution in [1.82, 2.24) is 4.90 Å². The zero-order valence-electron chi connectivity index (χ0n) is 14.3. The molecule has 1 N–H and O–H groups in total. The maximum absolute atomic E-state index is 12.6. The Labute approximate surface area is 160 Å². The maximum atomic E-state index is 12.6. The van der Waals surface area contributed by atoms with Gasteiger partial charge in [0.15, 0.2) is 0 Å². The van der Waals surface area contributed by atoms with E-state index in [1.54, 1.807) is 48.5 Å². The highest BCUT2D eigenvalue weighted by Gasteiger charge is 2.46. The monoisotopic (exact) mass is 384 g/mol. The summed E-state index contributed by atoms with van der Waals surface area (Å²) in [4.78, 5) is 37.0. The number of carboxylic acid groups (broad SMARTS) is 1. The third-order valence-corrected chi connectivity index (χ3v) is 4.60. The number of Topliss-reactive ketones (excluding diaryl/α,β-unsaturated/α-hetero) is 1. The minimum atomic E-state index is -1.51. The summed E-state index contributed by atoms with van der Waals surface area (Å²) in [7, 11) is 0. The van der Waals surface area contributed by atoms with Crippen molar-refractivity contribution in [2.75, 3.05) is 6.54 Å². The van der Waals surface area contributed by atoms with Gasteiger partial charge in [0, 0.05) is 10.6 Å². The lowest BCUT2D eigenvalue weighted by Gasteiger charge is -2.25. The molecule has 1 aliphatic heterocycles. The van der Waals surface area contributed by atoms with Crippen LogP contribution in [0.15, 0.2) is 54.1 Å². The van der Waals surface area contributed by atoms with Gasteiger partial charge in [0.1, 0.15) is 5.76 Å². The lowest BCUT2D eigenvalue weighted by Crippen LogP contribution is -2.40. The van der Waals surface area contributed by atoms with Crippen LogP contribution in [0.25, 0.3) is 5.76 Å². The van der Waals surface area contributed by atoms with Crippen molar-refractivity contribution in [2.45, 2.75) is 13.0 Å². The van der Waals surface area contributed by atoms with Gasteiger partial charge < -0.3 is 19.9 Å². The third-order valence-electron chi connectivity index (χ3n) is 4.35. The van der Waals surface area contributed by atoms with E-state index in [0.29, 0.717) is 16.1 Å². The van der Waals surface area contributed by atoms with Gasteiger partial charge in [-0.1, -0.05) is 53.6 Å². The molecule has 1 fully saturated rings. The molecular formula is C20H15ClNO5-. The highest BCUT2D eigenvalue weighted by Crippen LogP contribution is 2.39. The number of benzene rings is 2. The van der Waals surface area contributed by atoms with E-state index in [2.05, 4.69) is 0 Å². The predicted molar refractivity (Wildman–Crippen MR) is 96.6 cm³/mol. The molecule has 6 nitrogen and oxygen atoms in total. The Bertz CT molecular complexity index is 947. The van der Waals surface area contributed by atoms with Crippen LogP contribution in [0.1, 0.15) is 22.7 Å². The normalized spacial score (nSPS) is 18.7. The fraction of sp³-hybridized carbons (Fsp3) is 0.150. The number of nitrogens with zero attached hydrogens (tertiary/aromatic N) is 1. The van der Waals surface area contributed by atoms with Crippen LogP contribution in [-0.4, -0.2) is 34.2 Å². The van der Waals surface area contributed by atoms with Crippen molar-refractivity contribution in [2.24, 2.45) is 0 Å². The number of likely N-dealkylation sites (tertiary alicyclic amines) is 1. The maximum Gasteiger partial charge on any atom is 0.295 e. The first-order chi connectivity index (χ1) is 12.8. The van der Waals surface area contributed by atoms with Gasteiger partial charge >= 0.3 is 0 Å². The molecule has 2 aromatic carbocycles. The highest BCUT2D eigenvalue weighted by atomic mass is 35.5. The van der Waals surface area contributed by atoms with Gasteiger partial charge in [-0.15, -0.1) is 0 Å². The van der Waals surface area contributed by atoms with Gasteiger partial charge in [0.05, 0.1) is 24.1 Å². The molecule has 0 aromatic heterocycles. The second-order valence-corrected chi connectivity index (χ2v) is 6.65. The van der Waals surface area contributed by atoms with Crippen LogP contribution in [0, 0.1) is 6.92 Å². The van der Waals surface area contributed by atoms with Gasteiger partial charge in [-0.05, 0) is 24.6 Å². The van der Waals surface area contributed by atoms with E-state index < -0.39 is 30.2 Å². The number of aryl methyl sites for hydroxylation is 1. The van der Waals surface area contributed by atoms with Gasteiger partial charge in [-0.2, -0.15) is 0 Å². The van der Waals surface area contributed by atoms with E-state index in [0.717, 1.165) is 10.5 Å². The molecule has 27 heavy (non-hydrogen) atoms. The summed E-state index contributed by atoms with van der Waals surface area (Å²) in [5.41, 5.74) is 1.59. The molecule has 1 atom stereocenters. The van der Waals surface area contributed by atoms with E-state index in [-0.39, 0.29) is 11.3 Å². The average Bonchev–Trinajstić information content (AvgIpc) is 2.87. The molecule has 0 bridgehead atoms. The van der Waals surface area contributed by atoms with E-state index >= 15 is 0 Å². The number of aliphatic hydroxyl groups is 1. The fourth-order valence-corrected chi connectivity index (χ4v) is 3.17. The van der Waals surface area contributed by atoms with Crippen LogP contribution in [0.4, 0.5) is 0 Å². The van der Waals surface area contributed by atoms with Gasteiger partial charge in [0.25, 0.3) is 11.7 Å². The topological polar surface area (TPSA) is 97.7 Å². The number of ketones is 1. The van der Waals surface area contributed by atoms with Crippen molar-refractivity contribution in [3.05, 3.63) is 75.8 Å². The number of carbonyl (C=O) groups excluding carboxylic acids is 3. The number of aliphatic carboxylic acids is 1. The second-order valence-electron chi connectivity index (χ2n) is 6.22. The molecule has 0 spiro atoms. The summed E-state index contributed by atoms with van der Waals surface area (Å²) in [6.07, 6.45) is 0. The zero-order valence-corrected chi connectivity index (χ0v) is 15.1. The smallest absolute Gasteiger partial charge is 0.295 e. The first kappa shape index (κ1) is 18.7. The summed E-state index contributed by atoms with van der Waals surface area (Å²) >= 11 is 5.89. The van der Waals surface area contributed by atoms with E-state index in [4.69, 9.17) is 11.6 Å². The Morgan fingerprint density at radius 1 is 1.11 bits per heavy atom. The summed E-state index contributed by atoms with van der Waals surface area (Å²) < 4.78 is 0. The fourth-order valence-electron chi connectivity index (χ4n) is 3.04. The molecule has 1 aliphatic rings. The lowest BCUT2D eigenvalue weighted by atomic mass is 9.95. The highest BCUT2D eigenvalue weighted by molar-refractivity contribution is 6.46. The lowest BCUT2D eigenvalue weighted by molar-refractivity contribution is -0.306. The molecule has 3 rings (SSSR count). The molecule has 0 radical (unpaired) electrons. The summed E-state index contributed by atoms with van der Waals surface area (Å²) in [5.74, 6) is -3.83. The Morgan fingerprint density at radius 2 is 1.70 bits per heavy atom.